The summed E-state index contributed by atoms with van der Waals surface area (Å²) < 4.78 is 12.5. The smallest absolute Gasteiger partial charge is 0.0689 e. The standard InChI is InChI=1S/2C20H36N4O/c2*1-19(2)14-20(25-15-19)8-6-16(7-9-20)18-17(12-21-22-18)13-24(5)11-10-23(3)4/h2*12,16H,6-11,13-15H2,1-5H3,(H,21,22). The molecule has 2 saturated heterocycles. The SMILES string of the molecule is CN(C)CCN(C)Cc1cn[nH]c1C1CCC2(CC1)CC(C)(C)CO2.CN(C)CCN(C)Cc1cn[nH]c1C1CCC2(CC1)CC(C)(C)CO2. The third kappa shape index (κ3) is 10.6. The van der Waals surface area contributed by atoms with Gasteiger partial charge in [0.15, 0.2) is 0 Å². The highest BCUT2D eigenvalue weighted by atomic mass is 16.5. The highest BCUT2D eigenvalue weighted by Gasteiger charge is 2.48. The summed E-state index contributed by atoms with van der Waals surface area (Å²) in [4.78, 5) is 9.25. The van der Waals surface area contributed by atoms with Crippen molar-refractivity contribution in [3.8, 4) is 0 Å². The van der Waals surface area contributed by atoms with E-state index >= 15 is 0 Å². The third-order valence-corrected chi connectivity index (χ3v) is 12.0. The van der Waals surface area contributed by atoms with E-state index in [1.165, 1.54) is 86.7 Å². The molecule has 2 aromatic heterocycles. The van der Waals surface area contributed by atoms with Crippen molar-refractivity contribution in [2.45, 2.75) is 128 Å². The second-order valence-corrected chi connectivity index (χ2v) is 18.9. The van der Waals surface area contributed by atoms with Crippen LogP contribution in [0.5, 0.6) is 0 Å². The number of H-pyrrole nitrogens is 2. The summed E-state index contributed by atoms with van der Waals surface area (Å²) in [6, 6.07) is 0. The zero-order valence-electron chi connectivity index (χ0n) is 33.5. The second kappa shape index (κ2) is 16.5. The number of hydrogen-bond acceptors (Lipinski definition) is 8. The summed E-state index contributed by atoms with van der Waals surface area (Å²) in [5.74, 6) is 1.22. The average Bonchev–Trinajstić information content (AvgIpc) is 3.83. The molecule has 0 unspecified atom stereocenters. The van der Waals surface area contributed by atoms with Gasteiger partial charge in [0.25, 0.3) is 0 Å². The Balaban J connectivity index is 0.000000194. The Kier molecular flexibility index (Phi) is 13.0. The molecule has 2 N–H and O–H groups in total. The summed E-state index contributed by atoms with van der Waals surface area (Å²) in [6.07, 6.45) is 16.1. The Morgan fingerprint density at radius 1 is 0.600 bits per heavy atom. The minimum atomic E-state index is 0.155. The maximum atomic E-state index is 6.27. The molecule has 2 aliphatic carbocycles. The van der Waals surface area contributed by atoms with Crippen molar-refractivity contribution in [2.24, 2.45) is 10.8 Å². The first kappa shape index (κ1) is 39.4. The average molecular weight is 697 g/mol. The van der Waals surface area contributed by atoms with E-state index in [4.69, 9.17) is 9.47 Å². The van der Waals surface area contributed by atoms with Crippen molar-refractivity contribution in [1.29, 1.82) is 0 Å². The molecule has 4 heterocycles. The molecule has 2 aliphatic heterocycles. The van der Waals surface area contributed by atoms with Crippen LogP contribution in [0.1, 0.15) is 126 Å². The van der Waals surface area contributed by atoms with Crippen LogP contribution < -0.4 is 0 Å². The number of nitrogens with zero attached hydrogens (tertiary/aromatic N) is 6. The molecule has 0 bridgehead atoms. The van der Waals surface area contributed by atoms with Gasteiger partial charge in [-0.05, 0) is 117 Å². The maximum Gasteiger partial charge on any atom is 0.0689 e. The molecule has 2 spiro atoms. The monoisotopic (exact) mass is 697 g/mol. The van der Waals surface area contributed by atoms with Gasteiger partial charge >= 0.3 is 0 Å². The maximum absolute atomic E-state index is 6.27. The number of likely N-dealkylation sites (N-methyl/N-ethyl adjacent to an activating group) is 4. The number of aromatic amines is 2. The van der Waals surface area contributed by atoms with Gasteiger partial charge in [-0.2, -0.15) is 10.2 Å². The Hall–Kier alpha value is -1.82. The number of rotatable bonds is 12. The first-order valence-electron chi connectivity index (χ1n) is 19.6. The van der Waals surface area contributed by atoms with Crippen molar-refractivity contribution in [3.05, 3.63) is 34.9 Å². The number of nitrogens with one attached hydrogen (secondary N) is 2. The van der Waals surface area contributed by atoms with E-state index in [9.17, 15) is 0 Å². The molecular weight excluding hydrogens is 624 g/mol. The molecule has 0 atom stereocenters. The number of aromatic nitrogens is 4. The predicted octanol–water partition coefficient (Wildman–Crippen LogP) is 6.49. The lowest BCUT2D eigenvalue weighted by molar-refractivity contribution is -0.0298. The van der Waals surface area contributed by atoms with E-state index in [1.54, 1.807) is 0 Å². The third-order valence-electron chi connectivity index (χ3n) is 12.0. The number of hydrogen-bond donors (Lipinski definition) is 2. The molecule has 4 aliphatic rings. The first-order valence-corrected chi connectivity index (χ1v) is 19.6. The highest BCUT2D eigenvalue weighted by Crippen LogP contribution is 2.51. The van der Waals surface area contributed by atoms with Crippen LogP contribution in [0, 0.1) is 10.8 Å². The van der Waals surface area contributed by atoms with Crippen LogP contribution in [-0.2, 0) is 22.6 Å². The highest BCUT2D eigenvalue weighted by molar-refractivity contribution is 5.23. The Morgan fingerprint density at radius 3 is 1.26 bits per heavy atom. The van der Waals surface area contributed by atoms with E-state index in [-0.39, 0.29) is 11.2 Å². The fraction of sp³-hybridized carbons (Fsp3) is 0.850. The quantitative estimate of drug-likeness (QED) is 0.261. The molecule has 284 valence electrons. The fourth-order valence-corrected chi connectivity index (χ4v) is 9.23. The van der Waals surface area contributed by atoms with E-state index in [0.29, 0.717) is 22.7 Å². The summed E-state index contributed by atoms with van der Waals surface area (Å²) in [5, 5.41) is 15.4. The molecule has 0 amide bonds. The van der Waals surface area contributed by atoms with Gasteiger partial charge in [0.2, 0.25) is 0 Å². The molecule has 4 fully saturated rings. The van der Waals surface area contributed by atoms with Gasteiger partial charge in [-0.1, -0.05) is 27.7 Å². The lowest BCUT2D eigenvalue weighted by Gasteiger charge is -2.37. The van der Waals surface area contributed by atoms with Crippen LogP contribution in [0.4, 0.5) is 0 Å². The molecule has 10 nitrogen and oxygen atoms in total. The fourth-order valence-electron chi connectivity index (χ4n) is 9.23. The topological polar surface area (TPSA) is 88.8 Å². The predicted molar refractivity (Wildman–Crippen MR) is 204 cm³/mol. The van der Waals surface area contributed by atoms with Crippen LogP contribution >= 0.6 is 0 Å². The van der Waals surface area contributed by atoms with Crippen LogP contribution in [0.2, 0.25) is 0 Å². The van der Waals surface area contributed by atoms with Gasteiger partial charge < -0.3 is 29.1 Å². The van der Waals surface area contributed by atoms with Crippen molar-refractivity contribution in [2.75, 3.05) is 81.7 Å². The van der Waals surface area contributed by atoms with Crippen LogP contribution in [0.15, 0.2) is 12.4 Å². The molecule has 10 heteroatoms. The summed E-state index contributed by atoms with van der Waals surface area (Å²) in [5.41, 5.74) is 6.48. The van der Waals surface area contributed by atoms with Crippen molar-refractivity contribution in [1.82, 2.24) is 40.0 Å². The van der Waals surface area contributed by atoms with Crippen LogP contribution in [-0.4, -0.2) is 133 Å². The molecule has 2 aromatic rings. The lowest BCUT2D eigenvalue weighted by Crippen LogP contribution is -2.34. The zero-order chi connectivity index (χ0) is 36.2. The Morgan fingerprint density at radius 2 is 0.960 bits per heavy atom. The van der Waals surface area contributed by atoms with E-state index in [0.717, 1.165) is 52.5 Å². The number of ether oxygens (including phenoxy) is 2. The minimum absolute atomic E-state index is 0.155. The van der Waals surface area contributed by atoms with Crippen molar-refractivity contribution in [3.63, 3.8) is 0 Å². The minimum Gasteiger partial charge on any atom is -0.374 e. The van der Waals surface area contributed by atoms with Gasteiger partial charge in [0.05, 0.1) is 36.8 Å². The largest absolute Gasteiger partial charge is 0.374 e. The first-order chi connectivity index (χ1) is 23.6. The van der Waals surface area contributed by atoms with Gasteiger partial charge in [-0.25, -0.2) is 0 Å². The molecule has 6 rings (SSSR count). The summed E-state index contributed by atoms with van der Waals surface area (Å²) >= 11 is 0. The second-order valence-electron chi connectivity index (χ2n) is 18.9. The molecular formula is C40H72N8O2. The van der Waals surface area contributed by atoms with E-state index in [2.05, 4.69) is 110 Å². The molecule has 0 aromatic carbocycles. The summed E-state index contributed by atoms with van der Waals surface area (Å²) in [6.45, 7) is 17.5. The molecule has 2 saturated carbocycles. The van der Waals surface area contributed by atoms with Crippen molar-refractivity contribution >= 4 is 0 Å². The van der Waals surface area contributed by atoms with Crippen LogP contribution in [0.25, 0.3) is 0 Å². The van der Waals surface area contributed by atoms with E-state index in [1.807, 2.05) is 12.4 Å². The van der Waals surface area contributed by atoms with Gasteiger partial charge in [0, 0.05) is 73.6 Å². The Bertz CT molecular complexity index is 1220. The van der Waals surface area contributed by atoms with Crippen molar-refractivity contribution < 1.29 is 9.47 Å². The summed E-state index contributed by atoms with van der Waals surface area (Å²) in [7, 11) is 12.9. The van der Waals surface area contributed by atoms with Gasteiger partial charge in [-0.15, -0.1) is 0 Å². The van der Waals surface area contributed by atoms with Gasteiger partial charge in [0.1, 0.15) is 0 Å². The molecule has 50 heavy (non-hydrogen) atoms. The zero-order valence-corrected chi connectivity index (χ0v) is 33.5. The molecule has 0 radical (unpaired) electrons. The normalized spacial score (nSPS) is 29.2. The van der Waals surface area contributed by atoms with Crippen LogP contribution in [0.3, 0.4) is 0 Å². The van der Waals surface area contributed by atoms with Gasteiger partial charge in [-0.3, -0.25) is 10.2 Å². The lowest BCUT2D eigenvalue weighted by atomic mass is 9.72. The Labute approximate surface area is 304 Å². The van der Waals surface area contributed by atoms with E-state index < -0.39 is 0 Å².